The smallest absolute Gasteiger partial charge is 0.253 e. The third-order valence-corrected chi connectivity index (χ3v) is 4.10. The van der Waals surface area contributed by atoms with Crippen molar-refractivity contribution in [1.29, 1.82) is 0 Å². The van der Waals surface area contributed by atoms with E-state index in [9.17, 15) is 9.59 Å². The SMILES string of the molecule is CCN(CC)C(=O)c1cccc(NC(=O)[C@@H]2CCCNC2)c1. The Hall–Kier alpha value is -1.88. The summed E-state index contributed by atoms with van der Waals surface area (Å²) in [7, 11) is 0. The molecule has 1 fully saturated rings. The van der Waals surface area contributed by atoms with E-state index in [4.69, 9.17) is 0 Å². The molecule has 5 heteroatoms. The Morgan fingerprint density at radius 1 is 1.32 bits per heavy atom. The van der Waals surface area contributed by atoms with Gasteiger partial charge in [-0.05, 0) is 51.4 Å². The van der Waals surface area contributed by atoms with Crippen molar-refractivity contribution in [2.24, 2.45) is 5.92 Å². The van der Waals surface area contributed by atoms with Crippen molar-refractivity contribution >= 4 is 17.5 Å². The van der Waals surface area contributed by atoms with Crippen molar-refractivity contribution in [3.05, 3.63) is 29.8 Å². The number of nitrogens with zero attached hydrogens (tertiary/aromatic N) is 1. The van der Waals surface area contributed by atoms with Gasteiger partial charge in [0.25, 0.3) is 5.91 Å². The number of carbonyl (C=O) groups excluding carboxylic acids is 2. The van der Waals surface area contributed by atoms with Crippen LogP contribution in [0.4, 0.5) is 5.69 Å². The Bertz CT molecular complexity index is 520. The zero-order valence-electron chi connectivity index (χ0n) is 13.4. The Morgan fingerprint density at radius 2 is 2.09 bits per heavy atom. The van der Waals surface area contributed by atoms with Crippen molar-refractivity contribution in [3.63, 3.8) is 0 Å². The molecule has 1 heterocycles. The number of anilines is 1. The minimum atomic E-state index is 0.000400. The van der Waals surface area contributed by atoms with Crippen LogP contribution in [0.3, 0.4) is 0 Å². The summed E-state index contributed by atoms with van der Waals surface area (Å²) in [4.78, 5) is 26.4. The van der Waals surface area contributed by atoms with E-state index in [1.54, 1.807) is 17.0 Å². The lowest BCUT2D eigenvalue weighted by Crippen LogP contribution is -2.37. The second-order valence-corrected chi connectivity index (χ2v) is 5.59. The Balaban J connectivity index is 2.04. The number of piperidine rings is 1. The van der Waals surface area contributed by atoms with Crippen molar-refractivity contribution in [2.45, 2.75) is 26.7 Å². The number of hydrogen-bond acceptors (Lipinski definition) is 3. The molecular weight excluding hydrogens is 278 g/mol. The molecule has 1 aliphatic rings. The molecule has 0 unspecified atom stereocenters. The normalized spacial score (nSPS) is 17.8. The maximum absolute atomic E-state index is 12.3. The highest BCUT2D eigenvalue weighted by molar-refractivity contribution is 5.97. The van der Waals surface area contributed by atoms with Gasteiger partial charge in [-0.2, -0.15) is 0 Å². The molecule has 0 aromatic heterocycles. The topological polar surface area (TPSA) is 61.4 Å². The Kier molecular flexibility index (Phi) is 5.95. The van der Waals surface area contributed by atoms with Crippen molar-refractivity contribution in [3.8, 4) is 0 Å². The molecule has 5 nitrogen and oxygen atoms in total. The van der Waals surface area contributed by atoms with Gasteiger partial charge in [-0.25, -0.2) is 0 Å². The molecule has 22 heavy (non-hydrogen) atoms. The first-order valence-electron chi connectivity index (χ1n) is 8.06. The van der Waals surface area contributed by atoms with Gasteiger partial charge in [0, 0.05) is 30.9 Å². The molecule has 0 bridgehead atoms. The molecule has 2 rings (SSSR count). The van der Waals surface area contributed by atoms with Gasteiger partial charge in [0.15, 0.2) is 0 Å². The zero-order valence-corrected chi connectivity index (χ0v) is 13.4. The lowest BCUT2D eigenvalue weighted by Gasteiger charge is -2.22. The molecule has 120 valence electrons. The van der Waals surface area contributed by atoms with E-state index in [-0.39, 0.29) is 17.7 Å². The van der Waals surface area contributed by atoms with E-state index in [0.717, 1.165) is 25.9 Å². The van der Waals surface area contributed by atoms with Gasteiger partial charge in [0.1, 0.15) is 0 Å². The second-order valence-electron chi connectivity index (χ2n) is 5.59. The zero-order chi connectivity index (χ0) is 15.9. The molecule has 0 spiro atoms. The molecule has 1 aromatic carbocycles. The minimum absolute atomic E-state index is 0.000400. The number of nitrogens with one attached hydrogen (secondary N) is 2. The molecule has 0 aliphatic carbocycles. The predicted molar refractivity (Wildman–Crippen MR) is 87.9 cm³/mol. The van der Waals surface area contributed by atoms with Gasteiger partial charge in [0.05, 0.1) is 5.92 Å². The van der Waals surface area contributed by atoms with Crippen LogP contribution in [0.1, 0.15) is 37.0 Å². The average Bonchev–Trinajstić information content (AvgIpc) is 2.57. The fourth-order valence-corrected chi connectivity index (χ4v) is 2.74. The summed E-state index contributed by atoms with van der Waals surface area (Å²) in [6.07, 6.45) is 1.94. The first-order valence-corrected chi connectivity index (χ1v) is 8.06. The van der Waals surface area contributed by atoms with E-state index in [1.807, 2.05) is 26.0 Å². The molecular formula is C17H25N3O2. The van der Waals surface area contributed by atoms with E-state index < -0.39 is 0 Å². The number of hydrogen-bond donors (Lipinski definition) is 2. The Labute approximate surface area is 132 Å². The van der Waals surface area contributed by atoms with Crippen LogP contribution >= 0.6 is 0 Å². The van der Waals surface area contributed by atoms with E-state index >= 15 is 0 Å². The van der Waals surface area contributed by atoms with Crippen LogP contribution < -0.4 is 10.6 Å². The number of benzene rings is 1. The van der Waals surface area contributed by atoms with Gasteiger partial charge in [-0.1, -0.05) is 6.07 Å². The van der Waals surface area contributed by atoms with Crippen LogP contribution in [0.25, 0.3) is 0 Å². The van der Waals surface area contributed by atoms with E-state index in [0.29, 0.717) is 24.3 Å². The predicted octanol–water partition coefficient (Wildman–Crippen LogP) is 2.11. The van der Waals surface area contributed by atoms with Crippen molar-refractivity contribution < 1.29 is 9.59 Å². The Morgan fingerprint density at radius 3 is 2.73 bits per heavy atom. The van der Waals surface area contributed by atoms with Crippen LogP contribution in [-0.2, 0) is 4.79 Å². The summed E-state index contributed by atoms with van der Waals surface area (Å²) in [5.74, 6) is 0.0379. The average molecular weight is 303 g/mol. The van der Waals surface area contributed by atoms with Crippen LogP contribution in [0.15, 0.2) is 24.3 Å². The lowest BCUT2D eigenvalue weighted by atomic mass is 9.98. The molecule has 1 aliphatic heterocycles. The van der Waals surface area contributed by atoms with Gasteiger partial charge >= 0.3 is 0 Å². The maximum Gasteiger partial charge on any atom is 0.253 e. The molecule has 1 saturated heterocycles. The first-order chi connectivity index (χ1) is 10.7. The minimum Gasteiger partial charge on any atom is -0.339 e. The highest BCUT2D eigenvalue weighted by Crippen LogP contribution is 2.16. The highest BCUT2D eigenvalue weighted by Gasteiger charge is 2.21. The van der Waals surface area contributed by atoms with Crippen LogP contribution in [-0.4, -0.2) is 42.9 Å². The summed E-state index contributed by atoms with van der Waals surface area (Å²) in [6, 6.07) is 7.19. The third-order valence-electron chi connectivity index (χ3n) is 4.10. The standard InChI is InChI=1S/C17H25N3O2/c1-3-20(4-2)17(22)13-7-5-9-15(11-13)19-16(21)14-8-6-10-18-12-14/h5,7,9,11,14,18H,3-4,6,8,10,12H2,1-2H3,(H,19,21)/t14-/m1/s1. The fraction of sp³-hybridized carbons (Fsp3) is 0.529. The summed E-state index contributed by atoms with van der Waals surface area (Å²) < 4.78 is 0. The van der Waals surface area contributed by atoms with Gasteiger partial charge in [0.2, 0.25) is 5.91 Å². The van der Waals surface area contributed by atoms with E-state index in [1.165, 1.54) is 0 Å². The number of rotatable bonds is 5. The quantitative estimate of drug-likeness (QED) is 0.876. The molecule has 2 N–H and O–H groups in total. The molecule has 1 atom stereocenters. The van der Waals surface area contributed by atoms with Crippen LogP contribution in [0.2, 0.25) is 0 Å². The summed E-state index contributed by atoms with van der Waals surface area (Å²) in [5.41, 5.74) is 1.30. The van der Waals surface area contributed by atoms with Gasteiger partial charge in [-0.3, -0.25) is 9.59 Å². The van der Waals surface area contributed by atoms with Gasteiger partial charge < -0.3 is 15.5 Å². The molecule has 2 amide bonds. The van der Waals surface area contributed by atoms with E-state index in [2.05, 4.69) is 10.6 Å². The summed E-state index contributed by atoms with van der Waals surface area (Å²) >= 11 is 0. The monoisotopic (exact) mass is 303 g/mol. The second kappa shape index (κ2) is 7.94. The largest absolute Gasteiger partial charge is 0.339 e. The van der Waals surface area contributed by atoms with Gasteiger partial charge in [-0.15, -0.1) is 0 Å². The number of amides is 2. The summed E-state index contributed by atoms with van der Waals surface area (Å²) in [6.45, 7) is 6.99. The van der Waals surface area contributed by atoms with Crippen LogP contribution in [0.5, 0.6) is 0 Å². The molecule has 1 aromatic rings. The first kappa shape index (κ1) is 16.5. The van der Waals surface area contributed by atoms with Crippen molar-refractivity contribution in [2.75, 3.05) is 31.5 Å². The molecule has 0 radical (unpaired) electrons. The fourth-order valence-electron chi connectivity index (χ4n) is 2.74. The highest BCUT2D eigenvalue weighted by atomic mass is 16.2. The maximum atomic E-state index is 12.3. The van der Waals surface area contributed by atoms with Crippen molar-refractivity contribution in [1.82, 2.24) is 10.2 Å². The third kappa shape index (κ3) is 4.07. The number of carbonyl (C=O) groups is 2. The van der Waals surface area contributed by atoms with Crippen LogP contribution in [0, 0.1) is 5.92 Å². The lowest BCUT2D eigenvalue weighted by molar-refractivity contribution is -0.120. The molecule has 0 saturated carbocycles. The summed E-state index contributed by atoms with van der Waals surface area (Å²) in [5, 5.41) is 6.17.